The molecule has 0 fully saturated rings. The van der Waals surface area contributed by atoms with Crippen molar-refractivity contribution >= 4 is 23.3 Å². The van der Waals surface area contributed by atoms with Gasteiger partial charge in [-0.15, -0.1) is 0 Å². The summed E-state index contributed by atoms with van der Waals surface area (Å²) in [7, 11) is 0. The fraction of sp³-hybridized carbons (Fsp3) is 0.188. The summed E-state index contributed by atoms with van der Waals surface area (Å²) in [6.07, 6.45) is 0.911. The number of carbonyl (C=O) groups is 1. The summed E-state index contributed by atoms with van der Waals surface area (Å²) >= 11 is 5.79. The van der Waals surface area contributed by atoms with Crippen LogP contribution in [0.2, 0.25) is 5.02 Å². The Hall–Kier alpha value is -2.00. The SMILES string of the molecule is Nc1ccccc1CCC(=O)OCc1ccc(Cl)cc1. The van der Waals surface area contributed by atoms with Gasteiger partial charge in [0.1, 0.15) is 6.61 Å². The first-order chi connectivity index (χ1) is 9.65. The highest BCUT2D eigenvalue weighted by Gasteiger charge is 2.06. The zero-order chi connectivity index (χ0) is 14.4. The van der Waals surface area contributed by atoms with E-state index in [1.54, 1.807) is 12.1 Å². The van der Waals surface area contributed by atoms with Crippen LogP contribution in [0.5, 0.6) is 0 Å². The molecule has 0 atom stereocenters. The Balaban J connectivity index is 1.78. The van der Waals surface area contributed by atoms with Gasteiger partial charge in [-0.3, -0.25) is 4.79 Å². The number of anilines is 1. The van der Waals surface area contributed by atoms with Crippen LogP contribution in [0.15, 0.2) is 48.5 Å². The monoisotopic (exact) mass is 289 g/mol. The Morgan fingerprint density at radius 1 is 1.10 bits per heavy atom. The fourth-order valence-electron chi connectivity index (χ4n) is 1.82. The van der Waals surface area contributed by atoms with Crippen molar-refractivity contribution in [2.45, 2.75) is 19.4 Å². The molecule has 0 saturated carbocycles. The molecule has 0 aliphatic carbocycles. The normalized spacial score (nSPS) is 10.2. The Morgan fingerprint density at radius 2 is 1.80 bits per heavy atom. The molecule has 3 nitrogen and oxygen atoms in total. The molecule has 2 aromatic rings. The highest BCUT2D eigenvalue weighted by molar-refractivity contribution is 6.30. The molecule has 0 bridgehead atoms. The van der Waals surface area contributed by atoms with Crippen molar-refractivity contribution in [3.05, 3.63) is 64.7 Å². The molecule has 2 N–H and O–H groups in total. The zero-order valence-corrected chi connectivity index (χ0v) is 11.8. The number of nitrogens with two attached hydrogens (primary N) is 1. The number of hydrogen-bond acceptors (Lipinski definition) is 3. The summed E-state index contributed by atoms with van der Waals surface area (Å²) in [5, 5.41) is 0.666. The number of halogens is 1. The smallest absolute Gasteiger partial charge is 0.306 e. The highest BCUT2D eigenvalue weighted by atomic mass is 35.5. The van der Waals surface area contributed by atoms with E-state index in [4.69, 9.17) is 22.1 Å². The van der Waals surface area contributed by atoms with Crippen molar-refractivity contribution in [3.63, 3.8) is 0 Å². The highest BCUT2D eigenvalue weighted by Crippen LogP contribution is 2.14. The molecule has 104 valence electrons. The molecule has 0 unspecified atom stereocenters. The molecule has 20 heavy (non-hydrogen) atoms. The van der Waals surface area contributed by atoms with Gasteiger partial charge < -0.3 is 10.5 Å². The maximum Gasteiger partial charge on any atom is 0.306 e. The average molecular weight is 290 g/mol. The van der Waals surface area contributed by atoms with Crippen molar-refractivity contribution in [2.75, 3.05) is 5.73 Å². The van der Waals surface area contributed by atoms with Gasteiger partial charge in [0.15, 0.2) is 0 Å². The molecular weight excluding hydrogens is 274 g/mol. The second-order valence-corrected chi connectivity index (χ2v) is 4.92. The minimum atomic E-state index is -0.233. The lowest BCUT2D eigenvalue weighted by Gasteiger charge is -2.06. The second kappa shape index (κ2) is 6.96. The van der Waals surface area contributed by atoms with Crippen molar-refractivity contribution in [1.82, 2.24) is 0 Å². The molecule has 0 aliphatic heterocycles. The molecule has 4 heteroatoms. The number of para-hydroxylation sites is 1. The first-order valence-corrected chi connectivity index (χ1v) is 6.76. The quantitative estimate of drug-likeness (QED) is 0.676. The summed E-state index contributed by atoms with van der Waals surface area (Å²) in [6.45, 7) is 0.264. The van der Waals surface area contributed by atoms with Gasteiger partial charge in [-0.1, -0.05) is 41.9 Å². The standard InChI is InChI=1S/C16H16ClNO2/c17-14-8-5-12(6-9-14)11-20-16(19)10-7-13-3-1-2-4-15(13)18/h1-6,8-9H,7,10-11,18H2. The van der Waals surface area contributed by atoms with Crippen LogP contribution in [-0.2, 0) is 22.6 Å². The summed E-state index contributed by atoms with van der Waals surface area (Å²) in [4.78, 5) is 11.7. The number of aryl methyl sites for hydroxylation is 1. The van der Waals surface area contributed by atoms with Gasteiger partial charge in [-0.25, -0.2) is 0 Å². The molecule has 2 rings (SSSR count). The van der Waals surface area contributed by atoms with E-state index in [2.05, 4.69) is 0 Å². The van der Waals surface area contributed by atoms with E-state index < -0.39 is 0 Å². The number of benzene rings is 2. The largest absolute Gasteiger partial charge is 0.461 e. The van der Waals surface area contributed by atoms with Gasteiger partial charge in [0.2, 0.25) is 0 Å². The topological polar surface area (TPSA) is 52.3 Å². The number of esters is 1. The van der Waals surface area contributed by atoms with E-state index in [1.807, 2.05) is 36.4 Å². The number of hydrogen-bond donors (Lipinski definition) is 1. The van der Waals surface area contributed by atoms with E-state index >= 15 is 0 Å². The van der Waals surface area contributed by atoms with E-state index in [0.717, 1.165) is 11.1 Å². The average Bonchev–Trinajstić information content (AvgIpc) is 2.46. The number of ether oxygens (including phenoxy) is 1. The van der Waals surface area contributed by atoms with E-state index in [9.17, 15) is 4.79 Å². The molecule has 0 heterocycles. The summed E-state index contributed by atoms with van der Waals surface area (Å²) < 4.78 is 5.21. The van der Waals surface area contributed by atoms with Crippen LogP contribution >= 0.6 is 11.6 Å². The van der Waals surface area contributed by atoms with Crippen LogP contribution in [0, 0.1) is 0 Å². The zero-order valence-electron chi connectivity index (χ0n) is 11.0. The molecule has 0 saturated heterocycles. The fourth-order valence-corrected chi connectivity index (χ4v) is 1.94. The number of nitrogen functional groups attached to an aromatic ring is 1. The van der Waals surface area contributed by atoms with E-state index in [0.29, 0.717) is 23.6 Å². The minimum Gasteiger partial charge on any atom is -0.461 e. The van der Waals surface area contributed by atoms with Crippen LogP contribution in [0.25, 0.3) is 0 Å². The number of carbonyl (C=O) groups excluding carboxylic acids is 1. The maximum atomic E-state index is 11.7. The Morgan fingerprint density at radius 3 is 2.50 bits per heavy atom. The van der Waals surface area contributed by atoms with Crippen LogP contribution in [-0.4, -0.2) is 5.97 Å². The third-order valence-corrected chi connectivity index (χ3v) is 3.22. The Kier molecular flexibility index (Phi) is 5.02. The van der Waals surface area contributed by atoms with Crippen molar-refractivity contribution in [3.8, 4) is 0 Å². The molecular formula is C16H16ClNO2. The Bertz CT molecular complexity index is 581. The van der Waals surface area contributed by atoms with Crippen LogP contribution in [0.4, 0.5) is 5.69 Å². The predicted octanol–water partition coefficient (Wildman–Crippen LogP) is 3.60. The second-order valence-electron chi connectivity index (χ2n) is 4.49. The van der Waals surface area contributed by atoms with Gasteiger partial charge in [0.05, 0.1) is 0 Å². The molecule has 0 spiro atoms. The summed E-state index contributed by atoms with van der Waals surface area (Å²) in [6, 6.07) is 14.7. The van der Waals surface area contributed by atoms with Crippen LogP contribution in [0.3, 0.4) is 0 Å². The van der Waals surface area contributed by atoms with Gasteiger partial charge in [0.25, 0.3) is 0 Å². The van der Waals surface area contributed by atoms with Gasteiger partial charge >= 0.3 is 5.97 Å². The summed E-state index contributed by atoms with van der Waals surface area (Å²) in [5.74, 6) is -0.233. The van der Waals surface area contributed by atoms with E-state index in [1.165, 1.54) is 0 Å². The summed E-state index contributed by atoms with van der Waals surface area (Å²) in [5.41, 5.74) is 8.41. The lowest BCUT2D eigenvalue weighted by molar-refractivity contribution is -0.144. The molecule has 2 aromatic carbocycles. The Labute approximate surface area is 123 Å². The third kappa shape index (κ3) is 4.28. The first-order valence-electron chi connectivity index (χ1n) is 6.38. The predicted molar refractivity (Wildman–Crippen MR) is 80.4 cm³/mol. The van der Waals surface area contributed by atoms with Gasteiger partial charge in [-0.05, 0) is 35.7 Å². The van der Waals surface area contributed by atoms with Crippen LogP contribution in [0.1, 0.15) is 17.5 Å². The molecule has 0 radical (unpaired) electrons. The third-order valence-electron chi connectivity index (χ3n) is 2.97. The van der Waals surface area contributed by atoms with Crippen molar-refractivity contribution in [1.29, 1.82) is 0 Å². The van der Waals surface area contributed by atoms with Crippen molar-refractivity contribution in [2.24, 2.45) is 0 Å². The van der Waals surface area contributed by atoms with Gasteiger partial charge in [0, 0.05) is 17.1 Å². The minimum absolute atomic E-state index is 0.233. The van der Waals surface area contributed by atoms with Gasteiger partial charge in [-0.2, -0.15) is 0 Å². The van der Waals surface area contributed by atoms with E-state index in [-0.39, 0.29) is 12.6 Å². The molecule has 0 aliphatic rings. The van der Waals surface area contributed by atoms with Crippen LogP contribution < -0.4 is 5.73 Å². The maximum absolute atomic E-state index is 11.7. The molecule has 0 aromatic heterocycles. The number of rotatable bonds is 5. The van der Waals surface area contributed by atoms with Crippen molar-refractivity contribution < 1.29 is 9.53 Å². The first kappa shape index (κ1) is 14.4. The lowest BCUT2D eigenvalue weighted by Crippen LogP contribution is -2.06. The molecule has 0 amide bonds. The lowest BCUT2D eigenvalue weighted by atomic mass is 10.1.